The van der Waals surface area contributed by atoms with E-state index in [1.54, 1.807) is 6.26 Å². The van der Waals surface area contributed by atoms with Gasteiger partial charge in [0, 0.05) is 38.2 Å². The SMILES string of the molecule is Cc1cccc(-c2nc(CN(CCC#N)CC3CCCO3)co2)c1. The van der Waals surface area contributed by atoms with Gasteiger partial charge in [0.15, 0.2) is 0 Å². The van der Waals surface area contributed by atoms with E-state index in [0.717, 1.165) is 43.8 Å². The molecule has 1 unspecified atom stereocenters. The minimum Gasteiger partial charge on any atom is -0.444 e. The van der Waals surface area contributed by atoms with Gasteiger partial charge in [-0.05, 0) is 31.9 Å². The zero-order chi connectivity index (χ0) is 16.8. The van der Waals surface area contributed by atoms with Crippen molar-refractivity contribution in [3.05, 3.63) is 41.8 Å². The standard InChI is InChI=1S/C19H23N3O2/c1-15-5-2-6-16(11-15)19-21-17(14-24-19)12-22(9-4-8-20)13-18-7-3-10-23-18/h2,5-6,11,14,18H,3-4,7,9-10,12-13H2,1H3. The summed E-state index contributed by atoms with van der Waals surface area (Å²) in [5.41, 5.74) is 3.06. The van der Waals surface area contributed by atoms with E-state index < -0.39 is 0 Å². The maximum absolute atomic E-state index is 8.88. The molecular formula is C19H23N3O2. The summed E-state index contributed by atoms with van der Waals surface area (Å²) in [5.74, 6) is 0.644. The van der Waals surface area contributed by atoms with Crippen LogP contribution in [0.15, 0.2) is 34.9 Å². The lowest BCUT2D eigenvalue weighted by molar-refractivity contribution is 0.0709. The molecule has 1 fully saturated rings. The number of nitrogens with zero attached hydrogens (tertiary/aromatic N) is 3. The highest BCUT2D eigenvalue weighted by Crippen LogP contribution is 2.21. The van der Waals surface area contributed by atoms with E-state index in [0.29, 0.717) is 18.9 Å². The Morgan fingerprint density at radius 3 is 3.08 bits per heavy atom. The second-order valence-corrected chi connectivity index (χ2v) is 6.29. The van der Waals surface area contributed by atoms with E-state index in [1.165, 1.54) is 5.56 Å². The van der Waals surface area contributed by atoms with Crippen LogP contribution in [0.5, 0.6) is 0 Å². The minimum absolute atomic E-state index is 0.270. The number of hydrogen-bond donors (Lipinski definition) is 0. The van der Waals surface area contributed by atoms with Gasteiger partial charge in [0.25, 0.3) is 0 Å². The number of rotatable bonds is 7. The topological polar surface area (TPSA) is 62.3 Å². The molecule has 1 aromatic carbocycles. The van der Waals surface area contributed by atoms with Gasteiger partial charge in [0.1, 0.15) is 6.26 Å². The third kappa shape index (κ3) is 4.44. The quantitative estimate of drug-likeness (QED) is 0.779. The summed E-state index contributed by atoms with van der Waals surface area (Å²) in [4.78, 5) is 6.85. The van der Waals surface area contributed by atoms with E-state index >= 15 is 0 Å². The monoisotopic (exact) mass is 325 g/mol. The Balaban J connectivity index is 1.66. The molecule has 1 aliphatic heterocycles. The molecular weight excluding hydrogens is 302 g/mol. The van der Waals surface area contributed by atoms with Crippen molar-refractivity contribution >= 4 is 0 Å². The highest BCUT2D eigenvalue weighted by molar-refractivity contribution is 5.54. The summed E-state index contributed by atoms with van der Waals surface area (Å²) in [6.45, 7) is 5.14. The first-order valence-electron chi connectivity index (χ1n) is 8.47. The van der Waals surface area contributed by atoms with Gasteiger partial charge in [-0.15, -0.1) is 0 Å². The lowest BCUT2D eigenvalue weighted by Gasteiger charge is -2.23. The third-order valence-corrected chi connectivity index (χ3v) is 4.23. The molecule has 0 saturated carbocycles. The van der Waals surface area contributed by atoms with Crippen molar-refractivity contribution in [3.63, 3.8) is 0 Å². The molecule has 0 bridgehead atoms. The fourth-order valence-electron chi connectivity index (χ4n) is 3.04. The van der Waals surface area contributed by atoms with Crippen molar-refractivity contribution in [1.82, 2.24) is 9.88 Å². The molecule has 0 radical (unpaired) electrons. The van der Waals surface area contributed by atoms with E-state index in [4.69, 9.17) is 14.4 Å². The first-order valence-corrected chi connectivity index (χ1v) is 8.47. The summed E-state index contributed by atoms with van der Waals surface area (Å²) in [6.07, 6.45) is 4.71. The Kier molecular flexibility index (Phi) is 5.63. The number of aromatic nitrogens is 1. The van der Waals surface area contributed by atoms with Crippen LogP contribution in [-0.4, -0.2) is 35.7 Å². The zero-order valence-corrected chi connectivity index (χ0v) is 14.1. The average molecular weight is 325 g/mol. The number of aryl methyl sites for hydroxylation is 1. The van der Waals surface area contributed by atoms with Crippen LogP contribution in [0.25, 0.3) is 11.5 Å². The Bertz CT molecular complexity index is 699. The van der Waals surface area contributed by atoms with Crippen LogP contribution < -0.4 is 0 Å². The summed E-state index contributed by atoms with van der Waals surface area (Å²) in [6, 6.07) is 10.3. The van der Waals surface area contributed by atoms with Crippen LogP contribution in [0.1, 0.15) is 30.5 Å². The van der Waals surface area contributed by atoms with Gasteiger partial charge in [0.05, 0.1) is 17.9 Å². The van der Waals surface area contributed by atoms with Crippen LogP contribution in [0.2, 0.25) is 0 Å². The molecule has 1 saturated heterocycles. The Labute approximate surface area is 142 Å². The number of oxazole rings is 1. The second-order valence-electron chi connectivity index (χ2n) is 6.29. The first kappa shape index (κ1) is 16.7. The predicted octanol–water partition coefficient (Wildman–Crippen LogP) is 3.54. The molecule has 0 N–H and O–H groups in total. The molecule has 0 aliphatic carbocycles. The van der Waals surface area contributed by atoms with Gasteiger partial charge < -0.3 is 9.15 Å². The number of ether oxygens (including phenoxy) is 1. The smallest absolute Gasteiger partial charge is 0.226 e. The zero-order valence-electron chi connectivity index (χ0n) is 14.1. The van der Waals surface area contributed by atoms with E-state index in [2.05, 4.69) is 35.0 Å². The molecule has 0 amide bonds. The van der Waals surface area contributed by atoms with Crippen molar-refractivity contribution in [3.8, 4) is 17.5 Å². The average Bonchev–Trinajstić information content (AvgIpc) is 3.24. The van der Waals surface area contributed by atoms with Crippen LogP contribution in [-0.2, 0) is 11.3 Å². The molecule has 126 valence electrons. The number of hydrogen-bond acceptors (Lipinski definition) is 5. The minimum atomic E-state index is 0.270. The van der Waals surface area contributed by atoms with E-state index in [9.17, 15) is 0 Å². The van der Waals surface area contributed by atoms with Crippen molar-refractivity contribution < 1.29 is 9.15 Å². The number of nitriles is 1. The molecule has 1 aliphatic rings. The second kappa shape index (κ2) is 8.09. The van der Waals surface area contributed by atoms with Crippen LogP contribution in [0.3, 0.4) is 0 Å². The fourth-order valence-corrected chi connectivity index (χ4v) is 3.04. The van der Waals surface area contributed by atoms with E-state index in [1.807, 2.05) is 12.1 Å². The Morgan fingerprint density at radius 2 is 2.33 bits per heavy atom. The van der Waals surface area contributed by atoms with Gasteiger partial charge in [-0.1, -0.05) is 17.7 Å². The number of benzene rings is 1. The molecule has 24 heavy (non-hydrogen) atoms. The molecule has 2 heterocycles. The van der Waals surface area contributed by atoms with Gasteiger partial charge in [0.2, 0.25) is 5.89 Å². The fraction of sp³-hybridized carbons (Fsp3) is 0.474. The predicted molar refractivity (Wildman–Crippen MR) is 91.2 cm³/mol. The largest absolute Gasteiger partial charge is 0.444 e. The summed E-state index contributed by atoms with van der Waals surface area (Å²) < 4.78 is 11.4. The first-order chi connectivity index (χ1) is 11.7. The lowest BCUT2D eigenvalue weighted by Crippen LogP contribution is -2.32. The van der Waals surface area contributed by atoms with Gasteiger partial charge in [-0.25, -0.2) is 4.98 Å². The maximum Gasteiger partial charge on any atom is 0.226 e. The highest BCUT2D eigenvalue weighted by atomic mass is 16.5. The van der Waals surface area contributed by atoms with Crippen LogP contribution >= 0.6 is 0 Å². The van der Waals surface area contributed by atoms with Gasteiger partial charge in [-0.3, -0.25) is 4.90 Å². The molecule has 1 aromatic heterocycles. The van der Waals surface area contributed by atoms with Crippen molar-refractivity contribution in [2.45, 2.75) is 38.8 Å². The Morgan fingerprint density at radius 1 is 1.42 bits per heavy atom. The molecule has 0 spiro atoms. The van der Waals surface area contributed by atoms with Gasteiger partial charge >= 0.3 is 0 Å². The lowest BCUT2D eigenvalue weighted by atomic mass is 10.1. The van der Waals surface area contributed by atoms with Crippen LogP contribution in [0, 0.1) is 18.3 Å². The molecule has 2 aromatic rings. The summed E-state index contributed by atoms with van der Waals surface area (Å²) in [5, 5.41) is 8.88. The summed E-state index contributed by atoms with van der Waals surface area (Å²) >= 11 is 0. The molecule has 3 rings (SSSR count). The van der Waals surface area contributed by atoms with Crippen LogP contribution in [0.4, 0.5) is 0 Å². The summed E-state index contributed by atoms with van der Waals surface area (Å²) in [7, 11) is 0. The maximum atomic E-state index is 8.88. The van der Waals surface area contributed by atoms with Crippen molar-refractivity contribution in [2.75, 3.05) is 19.7 Å². The molecule has 5 nitrogen and oxygen atoms in total. The highest BCUT2D eigenvalue weighted by Gasteiger charge is 2.20. The molecule has 5 heteroatoms. The van der Waals surface area contributed by atoms with Crippen molar-refractivity contribution in [1.29, 1.82) is 5.26 Å². The van der Waals surface area contributed by atoms with Crippen molar-refractivity contribution in [2.24, 2.45) is 0 Å². The van der Waals surface area contributed by atoms with E-state index in [-0.39, 0.29) is 6.10 Å². The third-order valence-electron chi connectivity index (χ3n) is 4.23. The molecule has 1 atom stereocenters. The Hall–Kier alpha value is -2.16. The normalized spacial score (nSPS) is 17.3. The van der Waals surface area contributed by atoms with Gasteiger partial charge in [-0.2, -0.15) is 5.26 Å².